The van der Waals surface area contributed by atoms with Gasteiger partial charge in [0.1, 0.15) is 23.3 Å². The monoisotopic (exact) mass is 342 g/mol. The summed E-state index contributed by atoms with van der Waals surface area (Å²) in [6, 6.07) is -1.40. The van der Waals surface area contributed by atoms with E-state index in [1.54, 1.807) is 48.5 Å². The fourth-order valence-electron chi connectivity index (χ4n) is 2.34. The highest BCUT2D eigenvalue weighted by Gasteiger charge is 2.37. The van der Waals surface area contributed by atoms with E-state index in [0.717, 1.165) is 6.42 Å². The number of carbonyl (C=O) groups excluding carboxylic acids is 3. The van der Waals surface area contributed by atoms with Crippen LogP contribution in [0.2, 0.25) is 0 Å². The molecule has 0 aliphatic carbocycles. The Labute approximate surface area is 144 Å². The number of nitrogens with one attached hydrogen (secondary N) is 1. The SMILES string of the molecule is CC(NC(=O)C1CCCN1C(=O)OC(C)(C)C)C(=O)OC(C)(C)C. The standard InChI is InChI=1S/C17H30N2O5/c1-11(14(21)23-16(2,3)4)18-13(20)12-9-8-10-19(12)15(22)24-17(5,6)7/h11-12H,8-10H2,1-7H3,(H,18,20). The van der Waals surface area contributed by atoms with Gasteiger partial charge >= 0.3 is 12.1 Å². The summed E-state index contributed by atoms with van der Waals surface area (Å²) in [5.41, 5.74) is -1.24. The van der Waals surface area contributed by atoms with Crippen LogP contribution in [0.5, 0.6) is 0 Å². The van der Waals surface area contributed by atoms with Crippen LogP contribution in [0, 0.1) is 0 Å². The van der Waals surface area contributed by atoms with Crippen molar-refractivity contribution in [3.63, 3.8) is 0 Å². The number of carbonyl (C=O) groups is 3. The number of ether oxygens (including phenoxy) is 2. The molecule has 1 aliphatic heterocycles. The van der Waals surface area contributed by atoms with Gasteiger partial charge < -0.3 is 14.8 Å². The van der Waals surface area contributed by atoms with Crippen LogP contribution in [0.1, 0.15) is 61.3 Å². The van der Waals surface area contributed by atoms with Crippen molar-refractivity contribution in [1.82, 2.24) is 10.2 Å². The molecule has 138 valence electrons. The molecular formula is C17H30N2O5. The molecule has 24 heavy (non-hydrogen) atoms. The van der Waals surface area contributed by atoms with Crippen molar-refractivity contribution in [2.75, 3.05) is 6.54 Å². The van der Waals surface area contributed by atoms with E-state index in [-0.39, 0.29) is 5.91 Å². The number of esters is 1. The van der Waals surface area contributed by atoms with Crippen molar-refractivity contribution in [3.05, 3.63) is 0 Å². The molecule has 0 aromatic carbocycles. The zero-order valence-electron chi connectivity index (χ0n) is 15.8. The van der Waals surface area contributed by atoms with Crippen LogP contribution in [-0.4, -0.2) is 52.7 Å². The summed E-state index contributed by atoms with van der Waals surface area (Å²) in [7, 11) is 0. The molecule has 7 heteroatoms. The van der Waals surface area contributed by atoms with Crippen LogP contribution in [0.4, 0.5) is 4.79 Å². The van der Waals surface area contributed by atoms with Gasteiger partial charge in [-0.1, -0.05) is 0 Å². The largest absolute Gasteiger partial charge is 0.458 e. The molecule has 2 amide bonds. The molecule has 0 saturated carbocycles. The Bertz CT molecular complexity index is 490. The highest BCUT2D eigenvalue weighted by molar-refractivity contribution is 5.90. The first-order valence-electron chi connectivity index (χ1n) is 8.33. The molecule has 2 unspecified atom stereocenters. The molecule has 1 N–H and O–H groups in total. The van der Waals surface area contributed by atoms with Crippen LogP contribution in [0.25, 0.3) is 0 Å². The van der Waals surface area contributed by atoms with Crippen molar-refractivity contribution in [1.29, 1.82) is 0 Å². The number of rotatable bonds is 3. The Hall–Kier alpha value is -1.79. The highest BCUT2D eigenvalue weighted by atomic mass is 16.6. The summed E-state index contributed by atoms with van der Waals surface area (Å²) in [6.07, 6.45) is 0.759. The Morgan fingerprint density at radius 2 is 1.58 bits per heavy atom. The summed E-state index contributed by atoms with van der Waals surface area (Å²) in [5.74, 6) is -0.866. The van der Waals surface area contributed by atoms with Gasteiger partial charge in [0.25, 0.3) is 0 Å². The summed E-state index contributed by atoms with van der Waals surface area (Å²) >= 11 is 0. The summed E-state index contributed by atoms with van der Waals surface area (Å²) in [6.45, 7) is 12.7. The molecular weight excluding hydrogens is 312 g/mol. The van der Waals surface area contributed by atoms with E-state index in [2.05, 4.69) is 5.32 Å². The minimum atomic E-state index is -0.780. The molecule has 1 rings (SSSR count). The Morgan fingerprint density at radius 1 is 1.04 bits per heavy atom. The van der Waals surface area contributed by atoms with E-state index in [1.807, 2.05) is 0 Å². The lowest BCUT2D eigenvalue weighted by atomic mass is 10.1. The first kappa shape index (κ1) is 20.3. The van der Waals surface area contributed by atoms with Crippen molar-refractivity contribution in [2.24, 2.45) is 0 Å². The molecule has 0 radical (unpaired) electrons. The minimum Gasteiger partial charge on any atom is -0.458 e. The second-order valence-electron chi connectivity index (χ2n) is 8.10. The van der Waals surface area contributed by atoms with Crippen LogP contribution >= 0.6 is 0 Å². The van der Waals surface area contributed by atoms with E-state index in [9.17, 15) is 14.4 Å². The first-order valence-corrected chi connectivity index (χ1v) is 8.33. The van der Waals surface area contributed by atoms with E-state index < -0.39 is 35.3 Å². The molecule has 1 saturated heterocycles. The number of nitrogens with zero attached hydrogens (tertiary/aromatic N) is 1. The van der Waals surface area contributed by atoms with Crippen LogP contribution < -0.4 is 5.32 Å². The van der Waals surface area contributed by atoms with E-state index in [1.165, 1.54) is 4.90 Å². The zero-order chi connectivity index (χ0) is 18.7. The molecule has 2 atom stereocenters. The molecule has 1 aliphatic rings. The molecule has 0 aromatic rings. The third-order valence-corrected chi connectivity index (χ3v) is 3.30. The Kier molecular flexibility index (Phi) is 6.25. The van der Waals surface area contributed by atoms with E-state index in [4.69, 9.17) is 9.47 Å². The average Bonchev–Trinajstić information content (AvgIpc) is 2.83. The normalized spacial score (nSPS) is 19.6. The van der Waals surface area contributed by atoms with Gasteiger partial charge in [-0.25, -0.2) is 9.59 Å². The fourth-order valence-corrected chi connectivity index (χ4v) is 2.34. The van der Waals surface area contributed by atoms with E-state index >= 15 is 0 Å². The Balaban J connectivity index is 2.66. The fraction of sp³-hybridized carbons (Fsp3) is 0.824. The van der Waals surface area contributed by atoms with Crippen LogP contribution in [-0.2, 0) is 19.1 Å². The van der Waals surface area contributed by atoms with E-state index in [0.29, 0.717) is 13.0 Å². The lowest BCUT2D eigenvalue weighted by Gasteiger charge is -2.29. The van der Waals surface area contributed by atoms with Gasteiger partial charge in [0, 0.05) is 6.54 Å². The lowest BCUT2D eigenvalue weighted by molar-refractivity contribution is -0.158. The van der Waals surface area contributed by atoms with Gasteiger partial charge in [-0.3, -0.25) is 9.69 Å². The van der Waals surface area contributed by atoms with Crippen molar-refractivity contribution >= 4 is 18.0 Å². The summed E-state index contributed by atoms with van der Waals surface area (Å²) in [4.78, 5) is 38.0. The third-order valence-electron chi connectivity index (χ3n) is 3.30. The maximum Gasteiger partial charge on any atom is 0.410 e. The average molecular weight is 342 g/mol. The van der Waals surface area contributed by atoms with Gasteiger partial charge in [0.2, 0.25) is 5.91 Å². The minimum absolute atomic E-state index is 0.364. The summed E-state index contributed by atoms with van der Waals surface area (Å²) < 4.78 is 10.6. The van der Waals surface area contributed by atoms with Gasteiger partial charge in [-0.2, -0.15) is 0 Å². The topological polar surface area (TPSA) is 84.9 Å². The number of hydrogen-bond donors (Lipinski definition) is 1. The van der Waals surface area contributed by atoms with Crippen molar-refractivity contribution in [2.45, 2.75) is 84.6 Å². The number of amides is 2. The molecule has 1 fully saturated rings. The van der Waals surface area contributed by atoms with Crippen LogP contribution in [0.3, 0.4) is 0 Å². The van der Waals surface area contributed by atoms with Crippen molar-refractivity contribution in [3.8, 4) is 0 Å². The molecule has 0 spiro atoms. The maximum absolute atomic E-state index is 12.4. The molecule has 1 heterocycles. The van der Waals surface area contributed by atoms with Gasteiger partial charge in [0.05, 0.1) is 0 Å². The number of hydrogen-bond acceptors (Lipinski definition) is 5. The second-order valence-corrected chi connectivity index (χ2v) is 8.10. The van der Waals surface area contributed by atoms with Gasteiger partial charge in [0.15, 0.2) is 0 Å². The number of likely N-dealkylation sites (tertiary alicyclic amines) is 1. The maximum atomic E-state index is 12.4. The predicted molar refractivity (Wildman–Crippen MR) is 89.4 cm³/mol. The molecule has 0 aromatic heterocycles. The van der Waals surface area contributed by atoms with Crippen LogP contribution in [0.15, 0.2) is 0 Å². The van der Waals surface area contributed by atoms with Crippen molar-refractivity contribution < 1.29 is 23.9 Å². The smallest absolute Gasteiger partial charge is 0.410 e. The van der Waals surface area contributed by atoms with Gasteiger partial charge in [-0.05, 0) is 61.3 Å². The van der Waals surface area contributed by atoms with Gasteiger partial charge in [-0.15, -0.1) is 0 Å². The summed E-state index contributed by atoms with van der Waals surface area (Å²) in [5, 5.41) is 2.63. The lowest BCUT2D eigenvalue weighted by Crippen LogP contribution is -2.51. The highest BCUT2D eigenvalue weighted by Crippen LogP contribution is 2.21. The quantitative estimate of drug-likeness (QED) is 0.795. The molecule has 7 nitrogen and oxygen atoms in total. The predicted octanol–water partition coefficient (Wildman–Crippen LogP) is 2.23. The first-order chi connectivity index (χ1) is 10.8. The zero-order valence-corrected chi connectivity index (χ0v) is 15.8. The molecule has 0 bridgehead atoms. The third kappa shape index (κ3) is 6.37. The second kappa shape index (κ2) is 7.40. The Morgan fingerprint density at radius 3 is 2.08 bits per heavy atom.